The Hall–Kier alpha value is -3.76. The molecule has 4 heterocycles. The largest absolute Gasteiger partial charge is 0.369 e. The van der Waals surface area contributed by atoms with Crippen molar-refractivity contribution >= 4 is 51.7 Å². The summed E-state index contributed by atoms with van der Waals surface area (Å²) >= 11 is 6.76. The molecule has 1 unspecified atom stereocenters. The summed E-state index contributed by atoms with van der Waals surface area (Å²) in [6.07, 6.45) is 9.51. The third kappa shape index (κ3) is 4.82. The molecule has 0 saturated carbocycles. The fourth-order valence-electron chi connectivity index (χ4n) is 4.08. The number of thioether (sulfide) groups is 1. The number of nitrogens with one attached hydrogen (secondary N) is 1. The van der Waals surface area contributed by atoms with Crippen LogP contribution in [0.5, 0.6) is 0 Å². The minimum absolute atomic E-state index is 0.218. The Bertz CT molecular complexity index is 1500. The van der Waals surface area contributed by atoms with Crippen LogP contribution in [0.15, 0.2) is 83.1 Å². The van der Waals surface area contributed by atoms with E-state index in [-0.39, 0.29) is 17.5 Å². The summed E-state index contributed by atoms with van der Waals surface area (Å²) in [5.41, 5.74) is 1.60. The lowest BCUT2D eigenvalue weighted by atomic mass is 10.1. The molecule has 8 nitrogen and oxygen atoms in total. The lowest BCUT2D eigenvalue weighted by molar-refractivity contribution is -0.123. The zero-order chi connectivity index (χ0) is 25.1. The van der Waals surface area contributed by atoms with Gasteiger partial charge in [0.25, 0.3) is 11.5 Å². The lowest BCUT2D eigenvalue weighted by Crippen LogP contribution is -2.31. The minimum Gasteiger partial charge on any atom is -0.369 e. The van der Waals surface area contributed by atoms with Crippen molar-refractivity contribution in [3.8, 4) is 0 Å². The molecule has 0 radical (unpaired) electrons. The number of fused-ring (bicyclic) bond motifs is 1. The Morgan fingerprint density at radius 3 is 2.69 bits per heavy atom. The van der Waals surface area contributed by atoms with Crippen LogP contribution in [-0.4, -0.2) is 40.6 Å². The molecule has 0 spiro atoms. The first-order chi connectivity index (χ1) is 17.5. The maximum absolute atomic E-state index is 13.4. The molecule has 4 aromatic rings. The number of thiocarbonyl (C=S) groups is 1. The zero-order valence-electron chi connectivity index (χ0n) is 19.6. The molecule has 182 valence electrons. The van der Waals surface area contributed by atoms with E-state index in [1.807, 2.05) is 54.1 Å². The van der Waals surface area contributed by atoms with Crippen LogP contribution < -0.4 is 10.9 Å². The number of hydrogen-bond donors (Lipinski definition) is 1. The number of rotatable bonds is 8. The Morgan fingerprint density at radius 2 is 1.92 bits per heavy atom. The third-order valence-electron chi connectivity index (χ3n) is 5.98. The molecule has 10 heteroatoms. The number of nitrogens with zero attached hydrogens (tertiary/aromatic N) is 5. The topological polar surface area (TPSA) is 84.5 Å². The molecule has 1 amide bonds. The van der Waals surface area contributed by atoms with E-state index in [1.165, 1.54) is 16.2 Å². The number of carbonyl (C=O) groups excluding carboxylic acids is 1. The highest BCUT2D eigenvalue weighted by Gasteiger charge is 2.36. The van der Waals surface area contributed by atoms with E-state index in [4.69, 9.17) is 12.2 Å². The van der Waals surface area contributed by atoms with Gasteiger partial charge < -0.3 is 9.88 Å². The molecule has 5 rings (SSSR count). The van der Waals surface area contributed by atoms with Crippen LogP contribution in [0.25, 0.3) is 11.7 Å². The summed E-state index contributed by atoms with van der Waals surface area (Å²) in [5, 5.41) is 3.30. The monoisotopic (exact) mass is 516 g/mol. The molecule has 1 saturated heterocycles. The number of benzene rings is 1. The molecule has 0 aliphatic carbocycles. The summed E-state index contributed by atoms with van der Waals surface area (Å²) in [6, 6.07) is 14.9. The highest BCUT2D eigenvalue weighted by atomic mass is 32.2. The van der Waals surface area contributed by atoms with Crippen molar-refractivity contribution < 1.29 is 4.79 Å². The third-order valence-corrected chi connectivity index (χ3v) is 7.31. The second kappa shape index (κ2) is 10.5. The van der Waals surface area contributed by atoms with E-state index >= 15 is 0 Å². The lowest BCUT2D eigenvalue weighted by Gasteiger charge is -2.23. The van der Waals surface area contributed by atoms with Gasteiger partial charge in [-0.25, -0.2) is 9.97 Å². The van der Waals surface area contributed by atoms with Gasteiger partial charge in [0.1, 0.15) is 15.8 Å². The molecule has 1 aliphatic heterocycles. The second-order valence-electron chi connectivity index (χ2n) is 8.33. The van der Waals surface area contributed by atoms with Gasteiger partial charge in [-0.05, 0) is 37.1 Å². The van der Waals surface area contributed by atoms with Crippen molar-refractivity contribution in [2.24, 2.45) is 0 Å². The quantitative estimate of drug-likeness (QED) is 0.212. The second-order valence-corrected chi connectivity index (χ2v) is 10.0. The van der Waals surface area contributed by atoms with Crippen molar-refractivity contribution in [2.45, 2.75) is 25.9 Å². The smallest absolute Gasteiger partial charge is 0.267 e. The summed E-state index contributed by atoms with van der Waals surface area (Å²) < 4.78 is 3.94. The molecule has 1 aliphatic rings. The molecule has 3 aromatic heterocycles. The van der Waals surface area contributed by atoms with Crippen LogP contribution in [0.3, 0.4) is 0 Å². The van der Waals surface area contributed by atoms with Crippen molar-refractivity contribution in [1.82, 2.24) is 23.8 Å². The van der Waals surface area contributed by atoms with Crippen molar-refractivity contribution in [3.05, 3.63) is 99.8 Å². The van der Waals surface area contributed by atoms with E-state index in [2.05, 4.69) is 15.3 Å². The zero-order valence-corrected chi connectivity index (χ0v) is 21.2. The number of hydrogen-bond acceptors (Lipinski definition) is 7. The van der Waals surface area contributed by atoms with Gasteiger partial charge in [0.05, 0.1) is 22.8 Å². The van der Waals surface area contributed by atoms with Crippen LogP contribution >= 0.6 is 24.0 Å². The van der Waals surface area contributed by atoms with E-state index in [1.54, 1.807) is 41.8 Å². The molecular formula is C26H24N6O2S2. The Balaban J connectivity index is 1.45. The predicted molar refractivity (Wildman–Crippen MR) is 147 cm³/mol. The predicted octanol–water partition coefficient (Wildman–Crippen LogP) is 4.36. The van der Waals surface area contributed by atoms with Gasteiger partial charge in [-0.3, -0.25) is 18.9 Å². The van der Waals surface area contributed by atoms with E-state index in [0.29, 0.717) is 32.8 Å². The Labute approximate surface area is 217 Å². The van der Waals surface area contributed by atoms with Crippen LogP contribution in [-0.2, 0) is 11.3 Å². The van der Waals surface area contributed by atoms with Crippen LogP contribution in [0, 0.1) is 0 Å². The highest BCUT2D eigenvalue weighted by Crippen LogP contribution is 2.38. The molecule has 1 fully saturated rings. The number of pyridine rings is 1. The number of aromatic nitrogens is 4. The summed E-state index contributed by atoms with van der Waals surface area (Å²) in [5.74, 6) is 0.225. The van der Waals surface area contributed by atoms with Crippen LogP contribution in [0.1, 0.15) is 30.5 Å². The van der Waals surface area contributed by atoms with Crippen molar-refractivity contribution in [3.63, 3.8) is 0 Å². The average molecular weight is 517 g/mol. The fourth-order valence-corrected chi connectivity index (χ4v) is 5.48. The Morgan fingerprint density at radius 1 is 1.11 bits per heavy atom. The number of anilines is 1. The first-order valence-corrected chi connectivity index (χ1v) is 12.8. The fraction of sp³-hybridized carbons (Fsp3) is 0.192. The van der Waals surface area contributed by atoms with Gasteiger partial charge >= 0.3 is 0 Å². The number of aryl methyl sites for hydroxylation is 1. The summed E-state index contributed by atoms with van der Waals surface area (Å²) in [6.45, 7) is 3.33. The summed E-state index contributed by atoms with van der Waals surface area (Å²) in [4.78, 5) is 37.6. The number of amides is 1. The maximum Gasteiger partial charge on any atom is 0.267 e. The first-order valence-electron chi connectivity index (χ1n) is 11.6. The first kappa shape index (κ1) is 24.0. The van der Waals surface area contributed by atoms with Gasteiger partial charge in [-0.15, -0.1) is 0 Å². The van der Waals surface area contributed by atoms with Crippen LogP contribution in [0.4, 0.5) is 5.82 Å². The van der Waals surface area contributed by atoms with Gasteiger partial charge in [-0.2, -0.15) is 0 Å². The van der Waals surface area contributed by atoms with Crippen molar-refractivity contribution in [2.75, 3.05) is 11.9 Å². The van der Waals surface area contributed by atoms with Crippen LogP contribution in [0.2, 0.25) is 0 Å². The molecule has 36 heavy (non-hydrogen) atoms. The normalized spacial score (nSPS) is 15.7. The number of imidazole rings is 1. The van der Waals surface area contributed by atoms with E-state index in [0.717, 1.165) is 18.5 Å². The van der Waals surface area contributed by atoms with E-state index < -0.39 is 0 Å². The maximum atomic E-state index is 13.4. The standard InChI is InChI=1S/C26H24N6O2S2/c1-18(19-8-3-2-4-9-19)32-25(34)21(36-26(32)35)16-20-23(28-11-7-13-30-15-12-27-17-30)29-22-10-5-6-14-31(22)24(20)33/h2-6,8-10,12,14-18,28H,7,11,13H2,1H3/b21-16-. The molecule has 1 aromatic carbocycles. The van der Waals surface area contributed by atoms with Gasteiger partial charge in [0.15, 0.2) is 0 Å². The van der Waals surface area contributed by atoms with Gasteiger partial charge in [0.2, 0.25) is 0 Å². The summed E-state index contributed by atoms with van der Waals surface area (Å²) in [7, 11) is 0. The van der Waals surface area contributed by atoms with E-state index in [9.17, 15) is 9.59 Å². The van der Waals surface area contributed by atoms with Gasteiger partial charge in [0, 0.05) is 31.7 Å². The molecule has 1 atom stereocenters. The SMILES string of the molecule is CC(c1ccccc1)N1C(=O)/C(=C/c2c(NCCCn3ccnc3)nc3ccccn3c2=O)SC1=S. The van der Waals surface area contributed by atoms with Crippen molar-refractivity contribution in [1.29, 1.82) is 0 Å². The number of carbonyl (C=O) groups is 1. The molecule has 0 bridgehead atoms. The Kier molecular flexibility index (Phi) is 6.97. The minimum atomic E-state index is -0.251. The molecular weight excluding hydrogens is 492 g/mol. The average Bonchev–Trinajstić information content (AvgIpc) is 3.51. The van der Waals surface area contributed by atoms with Gasteiger partial charge in [-0.1, -0.05) is 60.4 Å². The highest BCUT2D eigenvalue weighted by molar-refractivity contribution is 8.26. The molecule has 1 N–H and O–H groups in total.